The van der Waals surface area contributed by atoms with Crippen molar-refractivity contribution in [2.24, 2.45) is 0 Å². The van der Waals surface area contributed by atoms with Crippen LogP contribution in [0.4, 0.5) is 0 Å². The summed E-state index contributed by atoms with van der Waals surface area (Å²) in [5, 5.41) is 0. The number of amides is 1. The van der Waals surface area contributed by atoms with Gasteiger partial charge in [0.15, 0.2) is 0 Å². The molecule has 0 aliphatic carbocycles. The smallest absolute Gasteiger partial charge is 0.253 e. The Bertz CT molecular complexity index is 831. The molecule has 0 bridgehead atoms. The predicted molar refractivity (Wildman–Crippen MR) is 101 cm³/mol. The summed E-state index contributed by atoms with van der Waals surface area (Å²) >= 11 is 0. The van der Waals surface area contributed by atoms with Crippen LogP contribution in [0.15, 0.2) is 53.4 Å². The van der Waals surface area contributed by atoms with Crippen molar-refractivity contribution in [2.45, 2.75) is 25.3 Å². The third-order valence-corrected chi connectivity index (χ3v) is 5.31. The number of carbonyl (C=O) groups is 1. The minimum atomic E-state index is -3.52. The van der Waals surface area contributed by atoms with Crippen LogP contribution in [0.2, 0.25) is 0 Å². The second-order valence-corrected chi connectivity index (χ2v) is 7.53. The van der Waals surface area contributed by atoms with Crippen LogP contribution in [0.25, 0.3) is 0 Å². The molecule has 0 fully saturated rings. The summed E-state index contributed by atoms with van der Waals surface area (Å²) in [6, 6.07) is 13.5. The van der Waals surface area contributed by atoms with Gasteiger partial charge < -0.3 is 9.64 Å². The highest BCUT2D eigenvalue weighted by molar-refractivity contribution is 7.89. The van der Waals surface area contributed by atoms with Crippen LogP contribution in [0.5, 0.6) is 5.75 Å². The molecule has 1 N–H and O–H groups in total. The zero-order valence-electron chi connectivity index (χ0n) is 15.2. The summed E-state index contributed by atoms with van der Waals surface area (Å²) in [6.07, 6.45) is 0. The number of benzene rings is 2. The van der Waals surface area contributed by atoms with Crippen LogP contribution in [-0.4, -0.2) is 39.4 Å². The number of sulfonamides is 1. The van der Waals surface area contributed by atoms with E-state index in [1.165, 1.54) is 24.3 Å². The Labute approximate surface area is 154 Å². The average molecular weight is 376 g/mol. The third kappa shape index (κ3) is 5.06. The summed E-state index contributed by atoms with van der Waals surface area (Å²) in [7, 11) is -1.81. The number of hydrogen-bond acceptors (Lipinski definition) is 4. The molecule has 7 heteroatoms. The molecular weight excluding hydrogens is 352 g/mol. The standard InChI is InChI=1S/C19H24N2O4S/c1-4-20-26(23,24)18-12-8-16(9-13-18)19(22)21(3)14-15-6-10-17(11-7-15)25-5-2/h6-13,20H,4-5,14H2,1-3H3. The molecule has 0 radical (unpaired) electrons. The highest BCUT2D eigenvalue weighted by Gasteiger charge is 2.16. The molecule has 0 aliphatic heterocycles. The largest absolute Gasteiger partial charge is 0.494 e. The first-order valence-corrected chi connectivity index (χ1v) is 9.92. The van der Waals surface area contributed by atoms with E-state index >= 15 is 0 Å². The van der Waals surface area contributed by atoms with E-state index in [1.807, 2.05) is 31.2 Å². The topological polar surface area (TPSA) is 75.7 Å². The first-order valence-electron chi connectivity index (χ1n) is 8.44. The second-order valence-electron chi connectivity index (χ2n) is 5.76. The van der Waals surface area contributed by atoms with Gasteiger partial charge in [0.2, 0.25) is 10.0 Å². The first kappa shape index (κ1) is 19.9. The summed E-state index contributed by atoms with van der Waals surface area (Å²) < 4.78 is 31.7. The highest BCUT2D eigenvalue weighted by atomic mass is 32.2. The molecule has 0 unspecified atom stereocenters. The van der Waals surface area contributed by atoms with Gasteiger partial charge in [-0.15, -0.1) is 0 Å². The van der Waals surface area contributed by atoms with Crippen molar-refractivity contribution in [3.05, 3.63) is 59.7 Å². The molecule has 0 aromatic heterocycles. The highest BCUT2D eigenvalue weighted by Crippen LogP contribution is 2.16. The van der Waals surface area contributed by atoms with E-state index in [1.54, 1.807) is 18.9 Å². The van der Waals surface area contributed by atoms with Crippen LogP contribution in [0.3, 0.4) is 0 Å². The van der Waals surface area contributed by atoms with Crippen molar-refractivity contribution >= 4 is 15.9 Å². The van der Waals surface area contributed by atoms with E-state index < -0.39 is 10.0 Å². The Morgan fingerprint density at radius 3 is 2.19 bits per heavy atom. The molecule has 0 aliphatic rings. The molecule has 1 amide bonds. The molecule has 2 aromatic rings. The van der Waals surface area contributed by atoms with Crippen molar-refractivity contribution in [1.29, 1.82) is 0 Å². The van der Waals surface area contributed by atoms with Gasteiger partial charge in [-0.05, 0) is 48.9 Å². The Hall–Kier alpha value is -2.38. The molecule has 0 spiro atoms. The normalized spacial score (nSPS) is 11.2. The number of nitrogens with one attached hydrogen (secondary N) is 1. The van der Waals surface area contributed by atoms with E-state index in [9.17, 15) is 13.2 Å². The molecule has 0 saturated carbocycles. The number of ether oxygens (including phenoxy) is 1. The molecule has 2 aromatic carbocycles. The maximum Gasteiger partial charge on any atom is 0.253 e. The Balaban J connectivity index is 2.05. The van der Waals surface area contributed by atoms with E-state index in [0.717, 1.165) is 11.3 Å². The lowest BCUT2D eigenvalue weighted by Gasteiger charge is -2.18. The fourth-order valence-corrected chi connectivity index (χ4v) is 3.51. The van der Waals surface area contributed by atoms with Gasteiger partial charge >= 0.3 is 0 Å². The van der Waals surface area contributed by atoms with E-state index in [4.69, 9.17) is 4.74 Å². The van der Waals surface area contributed by atoms with Crippen molar-refractivity contribution in [3.63, 3.8) is 0 Å². The average Bonchev–Trinajstić information content (AvgIpc) is 2.63. The minimum absolute atomic E-state index is 0.144. The van der Waals surface area contributed by atoms with Gasteiger partial charge in [0, 0.05) is 25.7 Å². The summed E-state index contributed by atoms with van der Waals surface area (Å²) in [5.41, 5.74) is 1.42. The Morgan fingerprint density at radius 2 is 1.65 bits per heavy atom. The van der Waals surface area contributed by atoms with Crippen LogP contribution < -0.4 is 9.46 Å². The number of hydrogen-bond donors (Lipinski definition) is 1. The lowest BCUT2D eigenvalue weighted by molar-refractivity contribution is 0.0785. The zero-order chi connectivity index (χ0) is 19.2. The van der Waals surface area contributed by atoms with Gasteiger partial charge in [-0.1, -0.05) is 19.1 Å². The molecule has 0 atom stereocenters. The minimum Gasteiger partial charge on any atom is -0.494 e. The summed E-state index contributed by atoms with van der Waals surface area (Å²) in [5.74, 6) is 0.619. The SMILES string of the molecule is CCNS(=O)(=O)c1ccc(C(=O)N(C)Cc2ccc(OCC)cc2)cc1. The zero-order valence-corrected chi connectivity index (χ0v) is 16.0. The maximum absolute atomic E-state index is 12.5. The van der Waals surface area contributed by atoms with Gasteiger partial charge in [0.05, 0.1) is 11.5 Å². The maximum atomic E-state index is 12.5. The molecular formula is C19H24N2O4S. The van der Waals surface area contributed by atoms with Gasteiger partial charge in [-0.3, -0.25) is 4.79 Å². The van der Waals surface area contributed by atoms with Crippen molar-refractivity contribution in [2.75, 3.05) is 20.2 Å². The van der Waals surface area contributed by atoms with Crippen LogP contribution in [0.1, 0.15) is 29.8 Å². The number of nitrogens with zero attached hydrogens (tertiary/aromatic N) is 1. The Morgan fingerprint density at radius 1 is 1.04 bits per heavy atom. The number of rotatable bonds is 8. The van der Waals surface area contributed by atoms with E-state index in [2.05, 4.69) is 4.72 Å². The predicted octanol–water partition coefficient (Wildman–Crippen LogP) is 2.66. The Kier molecular flexibility index (Phi) is 6.76. The van der Waals surface area contributed by atoms with Crippen LogP contribution in [-0.2, 0) is 16.6 Å². The van der Waals surface area contributed by atoms with Crippen molar-refractivity contribution < 1.29 is 17.9 Å². The van der Waals surface area contributed by atoms with Gasteiger partial charge in [-0.2, -0.15) is 0 Å². The van der Waals surface area contributed by atoms with Gasteiger partial charge in [0.1, 0.15) is 5.75 Å². The molecule has 0 saturated heterocycles. The van der Waals surface area contributed by atoms with Gasteiger partial charge in [0.25, 0.3) is 5.91 Å². The summed E-state index contributed by atoms with van der Waals surface area (Å²) in [4.78, 5) is 14.3. The van der Waals surface area contributed by atoms with Gasteiger partial charge in [-0.25, -0.2) is 13.1 Å². The molecule has 0 heterocycles. The first-order chi connectivity index (χ1) is 12.4. The quantitative estimate of drug-likeness (QED) is 0.768. The lowest BCUT2D eigenvalue weighted by Crippen LogP contribution is -2.26. The fourth-order valence-electron chi connectivity index (χ4n) is 2.47. The third-order valence-electron chi connectivity index (χ3n) is 3.75. The van der Waals surface area contributed by atoms with E-state index in [0.29, 0.717) is 25.3 Å². The van der Waals surface area contributed by atoms with Crippen LogP contribution >= 0.6 is 0 Å². The lowest BCUT2D eigenvalue weighted by atomic mass is 10.1. The molecule has 2 rings (SSSR count). The summed E-state index contributed by atoms with van der Waals surface area (Å²) in [6.45, 7) is 5.01. The molecule has 140 valence electrons. The van der Waals surface area contributed by atoms with Crippen molar-refractivity contribution in [3.8, 4) is 5.75 Å². The van der Waals surface area contributed by atoms with E-state index in [-0.39, 0.29) is 10.8 Å². The number of carbonyl (C=O) groups excluding carboxylic acids is 1. The molecule has 26 heavy (non-hydrogen) atoms. The van der Waals surface area contributed by atoms with Crippen molar-refractivity contribution in [1.82, 2.24) is 9.62 Å². The molecule has 6 nitrogen and oxygen atoms in total. The monoisotopic (exact) mass is 376 g/mol. The fraction of sp³-hybridized carbons (Fsp3) is 0.316. The second kappa shape index (κ2) is 8.82. The van der Waals surface area contributed by atoms with Crippen LogP contribution in [0, 0.1) is 0 Å².